The normalized spacial score (nSPS) is 15.1. The van der Waals surface area contributed by atoms with Crippen LogP contribution in [0.4, 0.5) is 5.69 Å². The lowest BCUT2D eigenvalue weighted by atomic mass is 10.2. The van der Waals surface area contributed by atoms with Crippen molar-refractivity contribution < 1.29 is 0 Å². The van der Waals surface area contributed by atoms with E-state index in [2.05, 4.69) is 27.8 Å². The van der Waals surface area contributed by atoms with E-state index in [-0.39, 0.29) is 11.2 Å². The van der Waals surface area contributed by atoms with Crippen LogP contribution in [0.5, 0.6) is 0 Å². The molecule has 0 saturated carbocycles. The smallest absolute Gasteiger partial charge is 0.330 e. The highest BCUT2D eigenvalue weighted by atomic mass is 35.5. The lowest BCUT2D eigenvalue weighted by Gasteiger charge is -2.36. The predicted molar refractivity (Wildman–Crippen MR) is 124 cm³/mol. The number of piperazine rings is 1. The Morgan fingerprint density at radius 2 is 1.81 bits per heavy atom. The van der Waals surface area contributed by atoms with Gasteiger partial charge in [0.05, 0.1) is 17.3 Å². The molecule has 1 aliphatic heterocycles. The first-order valence-electron chi connectivity index (χ1n) is 11.0. The zero-order valence-electron chi connectivity index (χ0n) is 18.1. The monoisotopic (exact) mass is 444 g/mol. The number of unbranched alkanes of at least 4 members (excludes halogenated alkanes) is 1. The van der Waals surface area contributed by atoms with Gasteiger partial charge in [-0.15, -0.1) is 0 Å². The number of para-hydroxylation sites is 1. The quantitative estimate of drug-likeness (QED) is 0.606. The largest absolute Gasteiger partial charge is 0.368 e. The number of fused-ring (bicyclic) bond motifs is 1. The molecule has 8 nitrogen and oxygen atoms in total. The second-order valence-corrected chi connectivity index (χ2v) is 8.33. The van der Waals surface area contributed by atoms with Crippen LogP contribution in [0, 0.1) is 0 Å². The second kappa shape index (κ2) is 9.28. The van der Waals surface area contributed by atoms with Crippen molar-refractivity contribution in [3.8, 4) is 0 Å². The van der Waals surface area contributed by atoms with E-state index in [1.54, 1.807) is 4.57 Å². The molecule has 0 spiro atoms. The van der Waals surface area contributed by atoms with Crippen LogP contribution < -0.4 is 16.1 Å². The molecule has 166 valence electrons. The molecule has 0 atom stereocenters. The number of hydrogen-bond donors (Lipinski definition) is 1. The van der Waals surface area contributed by atoms with Gasteiger partial charge in [-0.2, -0.15) is 0 Å². The number of nitrogens with one attached hydrogen (secondary N) is 1. The van der Waals surface area contributed by atoms with Gasteiger partial charge in [-0.3, -0.25) is 19.2 Å². The highest BCUT2D eigenvalue weighted by Gasteiger charge is 2.23. The van der Waals surface area contributed by atoms with Crippen LogP contribution in [0.3, 0.4) is 0 Å². The minimum absolute atomic E-state index is 0.364. The molecule has 0 radical (unpaired) electrons. The summed E-state index contributed by atoms with van der Waals surface area (Å²) in [6.07, 6.45) is 1.82. The number of benzene rings is 1. The van der Waals surface area contributed by atoms with E-state index in [1.807, 2.05) is 29.7 Å². The van der Waals surface area contributed by atoms with Crippen LogP contribution in [-0.2, 0) is 19.6 Å². The molecule has 1 aliphatic rings. The molecular formula is C22H29ClN6O2. The van der Waals surface area contributed by atoms with Gasteiger partial charge in [0.1, 0.15) is 5.82 Å². The van der Waals surface area contributed by atoms with Crippen molar-refractivity contribution in [3.05, 3.63) is 56.0 Å². The Morgan fingerprint density at radius 1 is 1.06 bits per heavy atom. The summed E-state index contributed by atoms with van der Waals surface area (Å²) in [6.45, 7) is 9.39. The number of rotatable bonds is 7. The van der Waals surface area contributed by atoms with E-state index in [0.29, 0.717) is 30.8 Å². The number of aromatic nitrogens is 4. The van der Waals surface area contributed by atoms with E-state index in [9.17, 15) is 9.59 Å². The van der Waals surface area contributed by atoms with Crippen molar-refractivity contribution in [1.82, 2.24) is 24.0 Å². The fourth-order valence-corrected chi connectivity index (χ4v) is 4.51. The number of imidazole rings is 1. The molecule has 0 amide bonds. The van der Waals surface area contributed by atoms with Crippen molar-refractivity contribution in [2.75, 3.05) is 31.1 Å². The van der Waals surface area contributed by atoms with Gasteiger partial charge in [0.2, 0.25) is 0 Å². The number of aryl methyl sites for hydroxylation is 2. The molecule has 1 saturated heterocycles. The number of halogens is 1. The Bertz CT molecular complexity index is 1170. The summed E-state index contributed by atoms with van der Waals surface area (Å²) in [6, 6.07) is 7.92. The van der Waals surface area contributed by atoms with Gasteiger partial charge in [0.25, 0.3) is 5.56 Å². The molecule has 3 aromatic rings. The summed E-state index contributed by atoms with van der Waals surface area (Å²) in [5.41, 5.74) is 1.30. The molecule has 3 heterocycles. The van der Waals surface area contributed by atoms with Crippen molar-refractivity contribution in [2.24, 2.45) is 0 Å². The Morgan fingerprint density at radius 3 is 2.48 bits per heavy atom. The number of anilines is 1. The molecule has 0 unspecified atom stereocenters. The Balaban J connectivity index is 1.58. The highest BCUT2D eigenvalue weighted by Crippen LogP contribution is 2.26. The van der Waals surface area contributed by atoms with E-state index < -0.39 is 0 Å². The molecular weight excluding hydrogens is 416 g/mol. The molecule has 4 rings (SSSR count). The zero-order valence-corrected chi connectivity index (χ0v) is 18.9. The van der Waals surface area contributed by atoms with Gasteiger partial charge < -0.3 is 9.47 Å². The summed E-state index contributed by atoms with van der Waals surface area (Å²) < 4.78 is 3.54. The molecule has 31 heavy (non-hydrogen) atoms. The first-order valence-corrected chi connectivity index (χ1v) is 11.3. The van der Waals surface area contributed by atoms with Crippen LogP contribution >= 0.6 is 11.6 Å². The third kappa shape index (κ3) is 4.27. The van der Waals surface area contributed by atoms with Gasteiger partial charge in [-0.25, -0.2) is 9.78 Å². The topological polar surface area (TPSA) is 79.2 Å². The molecule has 2 aromatic heterocycles. The number of aromatic amines is 1. The van der Waals surface area contributed by atoms with Gasteiger partial charge in [0, 0.05) is 39.3 Å². The maximum absolute atomic E-state index is 12.6. The second-order valence-electron chi connectivity index (χ2n) is 7.92. The van der Waals surface area contributed by atoms with Crippen LogP contribution in [0.1, 0.15) is 32.5 Å². The third-order valence-corrected chi connectivity index (χ3v) is 6.27. The first-order chi connectivity index (χ1) is 15.0. The van der Waals surface area contributed by atoms with Crippen LogP contribution in [-0.4, -0.2) is 50.2 Å². The van der Waals surface area contributed by atoms with Gasteiger partial charge in [0.15, 0.2) is 11.2 Å². The van der Waals surface area contributed by atoms with Crippen molar-refractivity contribution in [3.63, 3.8) is 0 Å². The fraction of sp³-hybridized carbons (Fsp3) is 0.500. The minimum Gasteiger partial charge on any atom is -0.368 e. The first kappa shape index (κ1) is 21.6. The fourth-order valence-electron chi connectivity index (χ4n) is 4.26. The molecule has 1 aromatic carbocycles. The van der Waals surface area contributed by atoms with Crippen molar-refractivity contribution >= 4 is 28.5 Å². The molecule has 9 heteroatoms. The van der Waals surface area contributed by atoms with E-state index >= 15 is 0 Å². The molecule has 0 aliphatic carbocycles. The average Bonchev–Trinajstić information content (AvgIpc) is 3.13. The summed E-state index contributed by atoms with van der Waals surface area (Å²) in [7, 11) is 0. The van der Waals surface area contributed by atoms with Crippen LogP contribution in [0.25, 0.3) is 11.2 Å². The van der Waals surface area contributed by atoms with E-state index in [0.717, 1.165) is 55.6 Å². The van der Waals surface area contributed by atoms with Gasteiger partial charge in [-0.05, 0) is 25.5 Å². The Hall–Kier alpha value is -2.58. The maximum Gasteiger partial charge on any atom is 0.330 e. The lowest BCUT2D eigenvalue weighted by molar-refractivity contribution is 0.241. The molecule has 1 N–H and O–H groups in total. The van der Waals surface area contributed by atoms with Crippen molar-refractivity contribution in [2.45, 2.75) is 46.3 Å². The zero-order chi connectivity index (χ0) is 22.0. The Labute approximate surface area is 186 Å². The van der Waals surface area contributed by atoms with E-state index in [4.69, 9.17) is 16.6 Å². The van der Waals surface area contributed by atoms with E-state index in [1.165, 1.54) is 0 Å². The van der Waals surface area contributed by atoms with Gasteiger partial charge >= 0.3 is 5.69 Å². The third-order valence-electron chi connectivity index (χ3n) is 5.95. The maximum atomic E-state index is 12.6. The van der Waals surface area contributed by atoms with Crippen LogP contribution in [0.2, 0.25) is 5.02 Å². The molecule has 0 bridgehead atoms. The molecule has 1 fully saturated rings. The summed E-state index contributed by atoms with van der Waals surface area (Å²) in [5.74, 6) is 0.824. The van der Waals surface area contributed by atoms with Crippen molar-refractivity contribution in [1.29, 1.82) is 0 Å². The van der Waals surface area contributed by atoms with Gasteiger partial charge in [-0.1, -0.05) is 37.1 Å². The summed E-state index contributed by atoms with van der Waals surface area (Å²) in [4.78, 5) is 36.8. The number of H-pyrrole nitrogens is 1. The minimum atomic E-state index is -0.383. The Kier molecular flexibility index (Phi) is 6.48. The SMILES string of the molecule is CCCCn1c(=O)[nH]c(=O)c2c1nc(CN1CCN(c3ccccc3Cl)CC1)n2CC. The number of nitrogens with zero attached hydrogens (tertiary/aromatic N) is 5. The average molecular weight is 445 g/mol. The van der Waals surface area contributed by atoms with Crippen LogP contribution in [0.15, 0.2) is 33.9 Å². The summed E-state index contributed by atoms with van der Waals surface area (Å²) in [5, 5.41) is 0.771. The lowest BCUT2D eigenvalue weighted by Crippen LogP contribution is -2.46. The summed E-state index contributed by atoms with van der Waals surface area (Å²) >= 11 is 6.36. The number of hydrogen-bond acceptors (Lipinski definition) is 5. The standard InChI is InChI=1S/C22H29ClN6O2/c1-3-5-10-29-20-19(21(30)25-22(29)31)28(4-2)18(24-20)15-26-11-13-27(14-12-26)17-9-7-6-8-16(17)23/h6-9H,3-5,10-15H2,1-2H3,(H,25,30,31). The predicted octanol–water partition coefficient (Wildman–Crippen LogP) is 2.68. The highest BCUT2D eigenvalue weighted by molar-refractivity contribution is 6.33.